The standard InChI is InChI=1S/C13H15NO3/c1-8-4-9(2)13(16-3)11(5-8)12-6-10(7-15)17-14-12/h4-6,15H,7H2,1-3H3. The van der Waals surface area contributed by atoms with Crippen molar-refractivity contribution in [1.82, 2.24) is 5.16 Å². The van der Waals surface area contributed by atoms with Crippen molar-refractivity contribution in [2.45, 2.75) is 20.5 Å². The largest absolute Gasteiger partial charge is 0.496 e. The molecular formula is C13H15NO3. The maximum absolute atomic E-state index is 8.97. The zero-order valence-corrected chi connectivity index (χ0v) is 10.2. The number of benzene rings is 1. The van der Waals surface area contributed by atoms with Crippen molar-refractivity contribution in [2.75, 3.05) is 7.11 Å². The average molecular weight is 233 g/mol. The minimum atomic E-state index is -0.153. The fourth-order valence-electron chi connectivity index (χ4n) is 1.93. The molecule has 0 atom stereocenters. The molecule has 17 heavy (non-hydrogen) atoms. The number of methoxy groups -OCH3 is 1. The van der Waals surface area contributed by atoms with Gasteiger partial charge in [0.1, 0.15) is 18.1 Å². The zero-order valence-electron chi connectivity index (χ0n) is 10.2. The van der Waals surface area contributed by atoms with E-state index in [1.54, 1.807) is 13.2 Å². The fourth-order valence-corrected chi connectivity index (χ4v) is 1.93. The first-order chi connectivity index (χ1) is 8.15. The van der Waals surface area contributed by atoms with Crippen LogP contribution in [0.2, 0.25) is 0 Å². The summed E-state index contributed by atoms with van der Waals surface area (Å²) in [6.45, 7) is 3.85. The van der Waals surface area contributed by atoms with Crippen LogP contribution in [0, 0.1) is 13.8 Å². The van der Waals surface area contributed by atoms with E-state index in [1.807, 2.05) is 19.9 Å². The summed E-state index contributed by atoms with van der Waals surface area (Å²) < 4.78 is 10.4. The fraction of sp³-hybridized carbons (Fsp3) is 0.308. The van der Waals surface area contributed by atoms with Crippen LogP contribution >= 0.6 is 0 Å². The highest BCUT2D eigenvalue weighted by atomic mass is 16.5. The topological polar surface area (TPSA) is 55.5 Å². The Kier molecular flexibility index (Phi) is 3.15. The monoisotopic (exact) mass is 233 g/mol. The van der Waals surface area contributed by atoms with Gasteiger partial charge in [0.2, 0.25) is 0 Å². The third-order valence-electron chi connectivity index (χ3n) is 2.61. The average Bonchev–Trinajstić information content (AvgIpc) is 2.76. The van der Waals surface area contributed by atoms with E-state index in [0.717, 1.165) is 22.4 Å². The second kappa shape index (κ2) is 4.59. The normalized spacial score (nSPS) is 10.6. The molecule has 0 spiro atoms. The van der Waals surface area contributed by atoms with Crippen molar-refractivity contribution in [3.8, 4) is 17.0 Å². The first-order valence-electron chi connectivity index (χ1n) is 5.37. The predicted octanol–water partition coefficient (Wildman–Crippen LogP) is 2.46. The predicted molar refractivity (Wildman–Crippen MR) is 63.9 cm³/mol. The second-order valence-electron chi connectivity index (χ2n) is 4.00. The van der Waals surface area contributed by atoms with Crippen LogP contribution < -0.4 is 4.74 Å². The van der Waals surface area contributed by atoms with E-state index in [0.29, 0.717) is 11.5 Å². The van der Waals surface area contributed by atoms with Gasteiger partial charge in [0, 0.05) is 11.6 Å². The molecule has 0 unspecified atom stereocenters. The molecule has 0 aliphatic carbocycles. The minimum absolute atomic E-state index is 0.153. The Morgan fingerprint density at radius 3 is 2.65 bits per heavy atom. The minimum Gasteiger partial charge on any atom is -0.496 e. The highest BCUT2D eigenvalue weighted by molar-refractivity contribution is 5.70. The molecule has 1 aromatic carbocycles. The summed E-state index contributed by atoms with van der Waals surface area (Å²) in [5.41, 5.74) is 3.74. The molecule has 2 rings (SSSR count). The van der Waals surface area contributed by atoms with Crippen LogP contribution in [0.25, 0.3) is 11.3 Å². The van der Waals surface area contributed by atoms with E-state index in [2.05, 4.69) is 11.2 Å². The molecule has 0 saturated heterocycles. The van der Waals surface area contributed by atoms with Gasteiger partial charge in [-0.25, -0.2) is 0 Å². The Hall–Kier alpha value is -1.81. The maximum Gasteiger partial charge on any atom is 0.162 e. The van der Waals surface area contributed by atoms with Gasteiger partial charge in [-0.05, 0) is 31.0 Å². The lowest BCUT2D eigenvalue weighted by molar-refractivity contribution is 0.229. The molecule has 1 aromatic heterocycles. The van der Waals surface area contributed by atoms with E-state index in [-0.39, 0.29) is 6.61 Å². The zero-order chi connectivity index (χ0) is 12.4. The summed E-state index contributed by atoms with van der Waals surface area (Å²) in [6.07, 6.45) is 0. The number of aliphatic hydroxyl groups excluding tert-OH is 1. The smallest absolute Gasteiger partial charge is 0.162 e. The molecule has 2 aromatic rings. The molecule has 0 bridgehead atoms. The number of hydrogen-bond donors (Lipinski definition) is 1. The summed E-state index contributed by atoms with van der Waals surface area (Å²) >= 11 is 0. The first-order valence-corrected chi connectivity index (χ1v) is 5.37. The van der Waals surface area contributed by atoms with Crippen molar-refractivity contribution in [3.05, 3.63) is 35.1 Å². The van der Waals surface area contributed by atoms with Gasteiger partial charge >= 0.3 is 0 Å². The molecule has 4 nitrogen and oxygen atoms in total. The van der Waals surface area contributed by atoms with Crippen LogP contribution in [0.3, 0.4) is 0 Å². The van der Waals surface area contributed by atoms with Gasteiger partial charge < -0.3 is 14.4 Å². The molecule has 1 heterocycles. The van der Waals surface area contributed by atoms with Gasteiger partial charge in [-0.2, -0.15) is 0 Å². The van der Waals surface area contributed by atoms with Gasteiger partial charge in [-0.3, -0.25) is 0 Å². The van der Waals surface area contributed by atoms with E-state index in [9.17, 15) is 0 Å². The molecule has 0 saturated carbocycles. The van der Waals surface area contributed by atoms with Crippen molar-refractivity contribution in [1.29, 1.82) is 0 Å². The number of rotatable bonds is 3. The lowest BCUT2D eigenvalue weighted by Gasteiger charge is -2.10. The van der Waals surface area contributed by atoms with E-state index in [4.69, 9.17) is 14.4 Å². The van der Waals surface area contributed by atoms with Gasteiger partial charge in [0.15, 0.2) is 5.76 Å². The van der Waals surface area contributed by atoms with E-state index < -0.39 is 0 Å². The van der Waals surface area contributed by atoms with E-state index >= 15 is 0 Å². The molecule has 0 fully saturated rings. The number of aliphatic hydroxyl groups is 1. The summed E-state index contributed by atoms with van der Waals surface area (Å²) in [6, 6.07) is 5.76. The van der Waals surface area contributed by atoms with Gasteiger partial charge in [-0.1, -0.05) is 11.2 Å². The van der Waals surface area contributed by atoms with Crippen molar-refractivity contribution < 1.29 is 14.4 Å². The van der Waals surface area contributed by atoms with Crippen molar-refractivity contribution in [2.24, 2.45) is 0 Å². The van der Waals surface area contributed by atoms with Gasteiger partial charge in [0.05, 0.1) is 7.11 Å². The van der Waals surface area contributed by atoms with Crippen LogP contribution in [0.15, 0.2) is 22.7 Å². The molecule has 0 radical (unpaired) electrons. The summed E-state index contributed by atoms with van der Waals surface area (Å²) in [4.78, 5) is 0. The lowest BCUT2D eigenvalue weighted by atomic mass is 10.0. The van der Waals surface area contributed by atoms with Crippen LogP contribution in [-0.2, 0) is 6.61 Å². The van der Waals surface area contributed by atoms with Gasteiger partial charge in [-0.15, -0.1) is 0 Å². The number of aryl methyl sites for hydroxylation is 2. The molecule has 0 aliphatic heterocycles. The quantitative estimate of drug-likeness (QED) is 0.884. The third-order valence-corrected chi connectivity index (χ3v) is 2.61. The Labute approximate surface area is 99.8 Å². The van der Waals surface area contributed by atoms with Gasteiger partial charge in [0.25, 0.3) is 0 Å². The van der Waals surface area contributed by atoms with Crippen LogP contribution in [0.4, 0.5) is 0 Å². The molecule has 0 aliphatic rings. The lowest BCUT2D eigenvalue weighted by Crippen LogP contribution is -1.92. The Balaban J connectivity index is 2.57. The molecule has 0 amide bonds. The number of ether oxygens (including phenoxy) is 1. The molecular weight excluding hydrogens is 218 g/mol. The third kappa shape index (κ3) is 2.17. The first kappa shape index (κ1) is 11.7. The summed E-state index contributed by atoms with van der Waals surface area (Å²) in [7, 11) is 1.63. The number of nitrogens with zero attached hydrogens (tertiary/aromatic N) is 1. The highest BCUT2D eigenvalue weighted by Crippen LogP contribution is 2.33. The molecule has 1 N–H and O–H groups in total. The van der Waals surface area contributed by atoms with Crippen LogP contribution in [-0.4, -0.2) is 17.4 Å². The molecule has 90 valence electrons. The molecule has 4 heteroatoms. The second-order valence-corrected chi connectivity index (χ2v) is 4.00. The van der Waals surface area contributed by atoms with Crippen LogP contribution in [0.1, 0.15) is 16.9 Å². The Morgan fingerprint density at radius 2 is 2.06 bits per heavy atom. The maximum atomic E-state index is 8.97. The number of hydrogen-bond acceptors (Lipinski definition) is 4. The van der Waals surface area contributed by atoms with Crippen LogP contribution in [0.5, 0.6) is 5.75 Å². The van der Waals surface area contributed by atoms with Crippen molar-refractivity contribution >= 4 is 0 Å². The Bertz CT molecular complexity index is 531. The summed E-state index contributed by atoms with van der Waals surface area (Å²) in [5.74, 6) is 1.23. The van der Waals surface area contributed by atoms with Crippen molar-refractivity contribution in [3.63, 3.8) is 0 Å². The number of aromatic nitrogens is 1. The van der Waals surface area contributed by atoms with E-state index in [1.165, 1.54) is 0 Å². The Morgan fingerprint density at radius 1 is 1.29 bits per heavy atom. The SMILES string of the molecule is COc1c(C)cc(C)cc1-c1cc(CO)on1. The summed E-state index contributed by atoms with van der Waals surface area (Å²) in [5, 5.41) is 12.9. The highest BCUT2D eigenvalue weighted by Gasteiger charge is 2.13.